The number of benzene rings is 8. The SMILES string of the molecule is CCC1=CCc2cccc3c2N1c1ccc(-c2ccc4c(-c5ccccc5)c5ccccc5c(-c5ccc6ccccc6c5)c4c2)cc1O3. The van der Waals surface area contributed by atoms with Gasteiger partial charge in [-0.3, -0.25) is 0 Å². The van der Waals surface area contributed by atoms with Crippen molar-refractivity contribution in [3.05, 3.63) is 169 Å². The van der Waals surface area contributed by atoms with Crippen LogP contribution in [0.5, 0.6) is 11.5 Å². The summed E-state index contributed by atoms with van der Waals surface area (Å²) in [5.74, 6) is 1.82. The lowest BCUT2D eigenvalue weighted by atomic mass is 9.84. The van der Waals surface area contributed by atoms with Crippen LogP contribution in [0.2, 0.25) is 0 Å². The molecule has 0 N–H and O–H groups in total. The Labute approximate surface area is 286 Å². The number of allylic oxidation sites excluding steroid dienone is 2. The van der Waals surface area contributed by atoms with Gasteiger partial charge in [0.1, 0.15) is 0 Å². The Bertz CT molecular complexity index is 2650. The second-order valence-electron chi connectivity index (χ2n) is 13.1. The van der Waals surface area contributed by atoms with E-state index in [1.165, 1.54) is 77.1 Å². The highest BCUT2D eigenvalue weighted by atomic mass is 16.5. The number of hydrogen-bond acceptors (Lipinski definition) is 2. The zero-order chi connectivity index (χ0) is 32.5. The van der Waals surface area contributed by atoms with Crippen LogP contribution < -0.4 is 9.64 Å². The third kappa shape index (κ3) is 4.34. The molecule has 2 heterocycles. The molecule has 0 fully saturated rings. The molecule has 0 aliphatic carbocycles. The van der Waals surface area contributed by atoms with Crippen molar-refractivity contribution in [3.63, 3.8) is 0 Å². The molecule has 2 aliphatic rings. The molecule has 49 heavy (non-hydrogen) atoms. The molecule has 2 aliphatic heterocycles. The highest BCUT2D eigenvalue weighted by Crippen LogP contribution is 2.53. The Morgan fingerprint density at radius 3 is 2.04 bits per heavy atom. The molecule has 0 unspecified atom stereocenters. The van der Waals surface area contributed by atoms with Crippen LogP contribution in [-0.4, -0.2) is 0 Å². The molecule has 2 nitrogen and oxygen atoms in total. The Hall–Kier alpha value is -6.12. The molecule has 0 saturated carbocycles. The fourth-order valence-electron chi connectivity index (χ4n) is 8.12. The van der Waals surface area contributed by atoms with E-state index in [4.69, 9.17) is 4.74 Å². The molecule has 2 heteroatoms. The van der Waals surface area contributed by atoms with Crippen molar-refractivity contribution in [3.8, 4) is 44.9 Å². The van der Waals surface area contributed by atoms with Gasteiger partial charge in [0.2, 0.25) is 0 Å². The van der Waals surface area contributed by atoms with Gasteiger partial charge in [0.25, 0.3) is 0 Å². The van der Waals surface area contributed by atoms with E-state index in [2.05, 4.69) is 170 Å². The average Bonchev–Trinajstić information content (AvgIpc) is 3.16. The van der Waals surface area contributed by atoms with Gasteiger partial charge in [-0.25, -0.2) is 0 Å². The van der Waals surface area contributed by atoms with E-state index in [0.29, 0.717) is 0 Å². The number of anilines is 2. The van der Waals surface area contributed by atoms with Crippen LogP contribution in [0, 0.1) is 0 Å². The fourth-order valence-corrected chi connectivity index (χ4v) is 8.12. The van der Waals surface area contributed by atoms with Crippen molar-refractivity contribution in [1.29, 1.82) is 0 Å². The lowest BCUT2D eigenvalue weighted by Gasteiger charge is -2.38. The summed E-state index contributed by atoms with van der Waals surface area (Å²) in [5, 5.41) is 7.50. The normalized spacial score (nSPS) is 13.2. The summed E-state index contributed by atoms with van der Waals surface area (Å²) in [6.07, 6.45) is 4.27. The predicted molar refractivity (Wildman–Crippen MR) is 206 cm³/mol. The lowest BCUT2D eigenvalue weighted by molar-refractivity contribution is 0.474. The van der Waals surface area contributed by atoms with Crippen molar-refractivity contribution >= 4 is 43.7 Å². The minimum absolute atomic E-state index is 0.890. The van der Waals surface area contributed by atoms with Gasteiger partial charge in [-0.2, -0.15) is 0 Å². The van der Waals surface area contributed by atoms with Gasteiger partial charge in [-0.15, -0.1) is 0 Å². The zero-order valence-electron chi connectivity index (χ0n) is 27.3. The van der Waals surface area contributed by atoms with Crippen LogP contribution in [0.4, 0.5) is 11.4 Å². The van der Waals surface area contributed by atoms with Crippen LogP contribution >= 0.6 is 0 Å². The third-order valence-corrected chi connectivity index (χ3v) is 10.4. The molecule has 0 amide bonds. The fraction of sp³-hybridized carbons (Fsp3) is 0.0638. The maximum Gasteiger partial charge on any atom is 0.152 e. The van der Waals surface area contributed by atoms with E-state index in [9.17, 15) is 0 Å². The first-order chi connectivity index (χ1) is 24.2. The Kier molecular flexibility index (Phi) is 6.25. The molecule has 0 bridgehead atoms. The van der Waals surface area contributed by atoms with Gasteiger partial charge < -0.3 is 9.64 Å². The number of fused-ring (bicyclic) bond motifs is 5. The van der Waals surface area contributed by atoms with Gasteiger partial charge >= 0.3 is 0 Å². The van der Waals surface area contributed by atoms with Crippen molar-refractivity contribution in [2.75, 3.05) is 4.90 Å². The molecular weight excluding hydrogens is 595 g/mol. The zero-order valence-corrected chi connectivity index (χ0v) is 27.3. The largest absolute Gasteiger partial charge is 0.453 e. The predicted octanol–water partition coefficient (Wildman–Crippen LogP) is 13.2. The number of para-hydroxylation sites is 1. The molecule has 232 valence electrons. The van der Waals surface area contributed by atoms with Crippen LogP contribution in [0.25, 0.3) is 65.7 Å². The highest BCUT2D eigenvalue weighted by molar-refractivity contribution is 6.22. The molecular formula is C47H33NO. The van der Waals surface area contributed by atoms with Crippen LogP contribution in [0.3, 0.4) is 0 Å². The third-order valence-electron chi connectivity index (χ3n) is 10.4. The monoisotopic (exact) mass is 627 g/mol. The Morgan fingerprint density at radius 2 is 1.20 bits per heavy atom. The van der Waals surface area contributed by atoms with Gasteiger partial charge in [-0.1, -0.05) is 134 Å². The van der Waals surface area contributed by atoms with Crippen molar-refractivity contribution in [1.82, 2.24) is 0 Å². The lowest BCUT2D eigenvalue weighted by Crippen LogP contribution is -2.24. The summed E-state index contributed by atoms with van der Waals surface area (Å²) in [4.78, 5) is 2.41. The Balaban J connectivity index is 1.22. The summed E-state index contributed by atoms with van der Waals surface area (Å²) < 4.78 is 6.67. The van der Waals surface area contributed by atoms with Gasteiger partial charge in [0, 0.05) is 5.70 Å². The summed E-state index contributed by atoms with van der Waals surface area (Å²) in [5.41, 5.74) is 12.2. The van der Waals surface area contributed by atoms with E-state index in [-0.39, 0.29) is 0 Å². The van der Waals surface area contributed by atoms with E-state index in [1.54, 1.807) is 0 Å². The van der Waals surface area contributed by atoms with E-state index >= 15 is 0 Å². The first kappa shape index (κ1) is 27.9. The van der Waals surface area contributed by atoms with Crippen molar-refractivity contribution in [2.24, 2.45) is 0 Å². The molecule has 0 atom stereocenters. The first-order valence-corrected chi connectivity index (χ1v) is 17.2. The summed E-state index contributed by atoms with van der Waals surface area (Å²) >= 11 is 0. The molecule has 0 spiro atoms. The van der Waals surface area contributed by atoms with E-state index in [0.717, 1.165) is 35.6 Å². The maximum atomic E-state index is 6.67. The first-order valence-electron chi connectivity index (χ1n) is 17.2. The quantitative estimate of drug-likeness (QED) is 0.180. The molecule has 0 saturated heterocycles. The van der Waals surface area contributed by atoms with E-state index < -0.39 is 0 Å². The number of nitrogens with zero attached hydrogens (tertiary/aromatic N) is 1. The molecule has 0 radical (unpaired) electrons. The maximum absolute atomic E-state index is 6.67. The highest BCUT2D eigenvalue weighted by Gasteiger charge is 2.31. The topological polar surface area (TPSA) is 12.5 Å². The van der Waals surface area contributed by atoms with Crippen LogP contribution in [-0.2, 0) is 6.42 Å². The second kappa shape index (κ2) is 11.0. The number of ether oxygens (including phenoxy) is 1. The Morgan fingerprint density at radius 1 is 0.510 bits per heavy atom. The number of hydrogen-bond donors (Lipinski definition) is 0. The molecule has 8 aromatic rings. The smallest absolute Gasteiger partial charge is 0.152 e. The summed E-state index contributed by atoms with van der Waals surface area (Å²) in [7, 11) is 0. The number of rotatable bonds is 4. The molecule has 0 aromatic heterocycles. The van der Waals surface area contributed by atoms with Gasteiger partial charge in [0.05, 0.1) is 11.4 Å². The average molecular weight is 628 g/mol. The van der Waals surface area contributed by atoms with Crippen molar-refractivity contribution in [2.45, 2.75) is 19.8 Å². The molecule has 8 aromatic carbocycles. The summed E-state index contributed by atoms with van der Waals surface area (Å²) in [6, 6.07) is 55.4. The van der Waals surface area contributed by atoms with Crippen LogP contribution in [0.15, 0.2) is 163 Å². The minimum Gasteiger partial charge on any atom is -0.453 e. The van der Waals surface area contributed by atoms with Crippen LogP contribution in [0.1, 0.15) is 18.9 Å². The second-order valence-corrected chi connectivity index (χ2v) is 13.1. The standard InChI is InChI=1S/C47H33NO/c1-2-37-24-21-32-15-10-18-43-47(32)48(37)42-26-23-35(29-44(42)49-43)34-22-25-40-41(28-34)46(36-20-19-30-11-6-7-14-33(30)27-36)39-17-9-8-16-38(39)45(40)31-12-4-3-5-13-31/h3-20,22-29H,2,21H2,1H3. The molecule has 10 rings (SSSR count). The van der Waals surface area contributed by atoms with E-state index in [1.807, 2.05) is 0 Å². The minimum atomic E-state index is 0.890. The van der Waals surface area contributed by atoms with Crippen molar-refractivity contribution < 1.29 is 4.74 Å². The summed E-state index contributed by atoms with van der Waals surface area (Å²) in [6.45, 7) is 2.23. The van der Waals surface area contributed by atoms with Gasteiger partial charge in [0.15, 0.2) is 11.5 Å². The van der Waals surface area contributed by atoms with Gasteiger partial charge in [-0.05, 0) is 114 Å².